The molecule has 0 fully saturated rings. The molecule has 2 aromatic rings. The predicted molar refractivity (Wildman–Crippen MR) is 82.4 cm³/mol. The van der Waals surface area contributed by atoms with Gasteiger partial charge in [-0.3, -0.25) is 0 Å². The van der Waals surface area contributed by atoms with Crippen molar-refractivity contribution < 1.29 is 13.5 Å². The van der Waals surface area contributed by atoms with Crippen molar-refractivity contribution in [2.24, 2.45) is 0 Å². The van der Waals surface area contributed by atoms with Crippen molar-refractivity contribution in [2.75, 3.05) is 6.54 Å². The van der Waals surface area contributed by atoms with Gasteiger partial charge in [0.25, 0.3) is 0 Å². The lowest BCUT2D eigenvalue weighted by molar-refractivity contribution is -0.0506. The lowest BCUT2D eigenvalue weighted by Crippen LogP contribution is -2.23. The van der Waals surface area contributed by atoms with Gasteiger partial charge in [0.2, 0.25) is 0 Å². The van der Waals surface area contributed by atoms with Crippen LogP contribution < -0.4 is 10.1 Å². The Bertz CT molecular complexity index is 598. The number of thiophene rings is 1. The largest absolute Gasteiger partial charge is 0.434 e. The third-order valence-electron chi connectivity index (χ3n) is 3.24. The number of hydrogen-bond acceptors (Lipinski definition) is 3. The second-order valence-corrected chi connectivity index (χ2v) is 6.24. The van der Waals surface area contributed by atoms with E-state index in [0.29, 0.717) is 0 Å². The van der Waals surface area contributed by atoms with E-state index in [2.05, 4.69) is 16.1 Å². The summed E-state index contributed by atoms with van der Waals surface area (Å²) in [5.74, 6) is 0.224. The molecule has 0 saturated heterocycles. The van der Waals surface area contributed by atoms with E-state index in [1.165, 1.54) is 9.75 Å². The number of hydrogen-bond donors (Lipinski definition) is 1. The van der Waals surface area contributed by atoms with E-state index in [9.17, 15) is 8.78 Å². The summed E-state index contributed by atoms with van der Waals surface area (Å²) in [4.78, 5) is 2.39. The highest BCUT2D eigenvalue weighted by Crippen LogP contribution is 2.35. The van der Waals surface area contributed by atoms with Crippen LogP contribution in [-0.4, -0.2) is 13.2 Å². The smallest absolute Gasteiger partial charge is 0.387 e. The second-order valence-electron chi connectivity index (χ2n) is 4.78. The van der Waals surface area contributed by atoms with Gasteiger partial charge in [-0.2, -0.15) is 8.78 Å². The first-order valence-electron chi connectivity index (χ1n) is 6.87. The fraction of sp³-hybridized carbons (Fsp3) is 0.375. The second kappa shape index (κ2) is 7.00. The van der Waals surface area contributed by atoms with Crippen molar-refractivity contribution >= 4 is 11.3 Å². The molecule has 5 heteroatoms. The van der Waals surface area contributed by atoms with Crippen molar-refractivity contribution in [3.63, 3.8) is 0 Å². The normalized spacial score (nSPS) is 12.7. The molecule has 0 spiro atoms. The van der Waals surface area contributed by atoms with Gasteiger partial charge in [0.05, 0.1) is 6.04 Å². The minimum absolute atomic E-state index is 0.144. The van der Waals surface area contributed by atoms with Crippen LogP contribution >= 0.6 is 11.3 Å². The SMILES string of the molecule is CCNC(c1ccccc1OC(F)F)c1cc(C)sc1C. The van der Waals surface area contributed by atoms with Gasteiger partial charge in [-0.15, -0.1) is 11.3 Å². The van der Waals surface area contributed by atoms with Crippen LogP contribution in [-0.2, 0) is 0 Å². The fourth-order valence-corrected chi connectivity index (χ4v) is 3.41. The first-order chi connectivity index (χ1) is 10.0. The number of para-hydroxylation sites is 1. The lowest BCUT2D eigenvalue weighted by Gasteiger charge is -2.21. The average molecular weight is 311 g/mol. The molecular formula is C16H19F2NOS. The van der Waals surface area contributed by atoms with Gasteiger partial charge in [0.15, 0.2) is 0 Å². The summed E-state index contributed by atoms with van der Waals surface area (Å²) in [5, 5.41) is 3.36. The summed E-state index contributed by atoms with van der Waals surface area (Å²) in [5.41, 5.74) is 1.85. The molecule has 0 aliphatic rings. The summed E-state index contributed by atoms with van der Waals surface area (Å²) < 4.78 is 29.9. The van der Waals surface area contributed by atoms with Crippen LogP contribution in [0.2, 0.25) is 0 Å². The first-order valence-corrected chi connectivity index (χ1v) is 7.68. The number of nitrogens with one attached hydrogen (secondary N) is 1. The molecule has 1 atom stereocenters. The van der Waals surface area contributed by atoms with Gasteiger partial charge in [-0.1, -0.05) is 25.1 Å². The molecule has 0 bridgehead atoms. The van der Waals surface area contributed by atoms with Crippen LogP contribution in [0.5, 0.6) is 5.75 Å². The van der Waals surface area contributed by atoms with Crippen LogP contribution in [0, 0.1) is 13.8 Å². The summed E-state index contributed by atoms with van der Waals surface area (Å²) in [6.45, 7) is 4.01. The zero-order valence-corrected chi connectivity index (χ0v) is 13.1. The third-order valence-corrected chi connectivity index (χ3v) is 4.23. The lowest BCUT2D eigenvalue weighted by atomic mass is 9.98. The van der Waals surface area contributed by atoms with Crippen molar-refractivity contribution in [1.29, 1.82) is 0 Å². The maximum Gasteiger partial charge on any atom is 0.387 e. The highest BCUT2D eigenvalue weighted by Gasteiger charge is 2.21. The van der Waals surface area contributed by atoms with E-state index in [1.807, 2.05) is 32.9 Å². The van der Waals surface area contributed by atoms with Crippen LogP contribution in [0.25, 0.3) is 0 Å². The monoisotopic (exact) mass is 311 g/mol. The summed E-state index contributed by atoms with van der Waals surface area (Å²) in [6, 6.07) is 8.92. The van der Waals surface area contributed by atoms with Crippen molar-refractivity contribution in [3.8, 4) is 5.75 Å². The molecule has 1 N–H and O–H groups in total. The number of aryl methyl sites for hydroxylation is 2. The van der Waals surface area contributed by atoms with Crippen LogP contribution in [0.1, 0.15) is 33.8 Å². The quantitative estimate of drug-likeness (QED) is 0.837. The Hall–Kier alpha value is -1.46. The molecule has 114 valence electrons. The summed E-state index contributed by atoms with van der Waals surface area (Å²) in [6.07, 6.45) is 0. The molecule has 0 radical (unpaired) electrons. The molecule has 0 amide bonds. The van der Waals surface area contributed by atoms with Gasteiger partial charge < -0.3 is 10.1 Å². The van der Waals surface area contributed by atoms with Gasteiger partial charge in [-0.25, -0.2) is 0 Å². The molecule has 1 heterocycles. The van der Waals surface area contributed by atoms with Gasteiger partial charge >= 0.3 is 6.61 Å². The van der Waals surface area contributed by atoms with Crippen LogP contribution in [0.4, 0.5) is 8.78 Å². The maximum atomic E-state index is 12.6. The standard InChI is InChI=1S/C16H19F2NOS/c1-4-19-15(13-9-10(2)21-11(13)3)12-7-5-6-8-14(12)20-16(17)18/h5-9,15-16,19H,4H2,1-3H3. The molecular weight excluding hydrogens is 292 g/mol. The number of benzene rings is 1. The topological polar surface area (TPSA) is 21.3 Å². The number of halogens is 2. The molecule has 2 nitrogen and oxygen atoms in total. The van der Waals surface area contributed by atoms with Crippen LogP contribution in [0.3, 0.4) is 0 Å². The maximum absolute atomic E-state index is 12.6. The Morgan fingerprint density at radius 1 is 1.19 bits per heavy atom. The average Bonchev–Trinajstić information content (AvgIpc) is 2.75. The number of ether oxygens (including phenoxy) is 1. The summed E-state index contributed by atoms with van der Waals surface area (Å²) >= 11 is 1.71. The minimum atomic E-state index is -2.82. The Labute approximate surface area is 127 Å². The van der Waals surface area contributed by atoms with E-state index >= 15 is 0 Å². The zero-order chi connectivity index (χ0) is 15.4. The number of alkyl halides is 2. The Kier molecular flexibility index (Phi) is 5.31. The van der Waals surface area contributed by atoms with E-state index in [-0.39, 0.29) is 11.8 Å². The highest BCUT2D eigenvalue weighted by molar-refractivity contribution is 7.12. The van der Waals surface area contributed by atoms with E-state index in [1.54, 1.807) is 23.5 Å². The third kappa shape index (κ3) is 3.80. The molecule has 2 rings (SSSR count). The van der Waals surface area contributed by atoms with Gasteiger partial charge in [0.1, 0.15) is 5.75 Å². The van der Waals surface area contributed by atoms with Crippen molar-refractivity contribution in [1.82, 2.24) is 5.32 Å². The van der Waals surface area contributed by atoms with E-state index < -0.39 is 6.61 Å². The Morgan fingerprint density at radius 2 is 1.90 bits per heavy atom. The molecule has 0 aliphatic carbocycles. The molecule has 1 unspecified atom stereocenters. The molecule has 0 aliphatic heterocycles. The zero-order valence-electron chi connectivity index (χ0n) is 12.3. The summed E-state index contributed by atoms with van der Waals surface area (Å²) in [7, 11) is 0. The molecule has 0 saturated carbocycles. The Morgan fingerprint density at radius 3 is 2.48 bits per heavy atom. The minimum Gasteiger partial charge on any atom is -0.434 e. The van der Waals surface area contributed by atoms with Gasteiger partial charge in [-0.05, 0) is 38.1 Å². The number of rotatable bonds is 6. The van der Waals surface area contributed by atoms with Crippen LogP contribution in [0.15, 0.2) is 30.3 Å². The van der Waals surface area contributed by atoms with Crippen molar-refractivity contribution in [2.45, 2.75) is 33.4 Å². The molecule has 21 heavy (non-hydrogen) atoms. The van der Waals surface area contributed by atoms with E-state index in [4.69, 9.17) is 0 Å². The molecule has 1 aromatic carbocycles. The molecule has 1 aromatic heterocycles. The predicted octanol–water partition coefficient (Wildman–Crippen LogP) is 4.67. The van der Waals surface area contributed by atoms with Gasteiger partial charge in [0, 0.05) is 15.3 Å². The van der Waals surface area contributed by atoms with E-state index in [0.717, 1.165) is 17.7 Å². The highest BCUT2D eigenvalue weighted by atomic mass is 32.1. The van der Waals surface area contributed by atoms with Crippen molar-refractivity contribution in [3.05, 3.63) is 51.2 Å². The Balaban J connectivity index is 2.45. The fourth-order valence-electron chi connectivity index (χ4n) is 2.45. The first kappa shape index (κ1) is 15.9.